The average Bonchev–Trinajstić information content (AvgIpc) is 2.75. The van der Waals surface area contributed by atoms with Crippen molar-refractivity contribution in [2.45, 2.75) is 32.9 Å². The number of benzene rings is 1. The average molecular weight is 389 g/mol. The number of rotatable bonds is 5. The van der Waals surface area contributed by atoms with Crippen LogP contribution in [0.25, 0.3) is 10.9 Å². The molecule has 0 spiro atoms. The highest BCUT2D eigenvalue weighted by molar-refractivity contribution is 6.06. The minimum Gasteiger partial charge on any atom is -0.454 e. The predicted molar refractivity (Wildman–Crippen MR) is 110 cm³/mol. The SMILES string of the molecule is CC(C)N1CCc2nc3ccccc3c(C(=O)OCC(=O)c3ccccn3)c2C1. The Bertz CT molecular complexity index is 1060. The molecule has 6 heteroatoms. The minimum atomic E-state index is -0.491. The zero-order chi connectivity index (χ0) is 20.4. The van der Waals surface area contributed by atoms with Gasteiger partial charge in [-0.1, -0.05) is 24.3 Å². The van der Waals surface area contributed by atoms with E-state index in [1.54, 1.807) is 24.4 Å². The van der Waals surface area contributed by atoms with Gasteiger partial charge in [0.05, 0.1) is 11.1 Å². The number of ketones is 1. The number of esters is 1. The van der Waals surface area contributed by atoms with E-state index in [0.717, 1.165) is 35.1 Å². The van der Waals surface area contributed by atoms with Gasteiger partial charge >= 0.3 is 5.97 Å². The summed E-state index contributed by atoms with van der Waals surface area (Å²) >= 11 is 0. The molecule has 0 saturated carbocycles. The van der Waals surface area contributed by atoms with Gasteiger partial charge in [0.15, 0.2) is 6.61 Å². The zero-order valence-corrected chi connectivity index (χ0v) is 16.6. The zero-order valence-electron chi connectivity index (χ0n) is 16.6. The Hall–Kier alpha value is -3.12. The van der Waals surface area contributed by atoms with Crippen LogP contribution >= 0.6 is 0 Å². The molecule has 3 aromatic rings. The van der Waals surface area contributed by atoms with E-state index in [0.29, 0.717) is 18.2 Å². The number of hydrogen-bond donors (Lipinski definition) is 0. The molecule has 1 aliphatic rings. The second-order valence-corrected chi connectivity index (χ2v) is 7.46. The Morgan fingerprint density at radius 2 is 1.93 bits per heavy atom. The lowest BCUT2D eigenvalue weighted by atomic mass is 9.95. The third-order valence-electron chi connectivity index (χ3n) is 5.30. The van der Waals surface area contributed by atoms with Crippen LogP contribution in [-0.2, 0) is 17.7 Å². The van der Waals surface area contributed by atoms with Crippen molar-refractivity contribution in [3.63, 3.8) is 0 Å². The van der Waals surface area contributed by atoms with Crippen molar-refractivity contribution in [2.24, 2.45) is 0 Å². The number of fused-ring (bicyclic) bond motifs is 2. The molecule has 0 fully saturated rings. The van der Waals surface area contributed by atoms with Crippen molar-refractivity contribution in [1.29, 1.82) is 0 Å². The van der Waals surface area contributed by atoms with Crippen LogP contribution in [0.4, 0.5) is 0 Å². The second-order valence-electron chi connectivity index (χ2n) is 7.46. The molecule has 0 atom stereocenters. The number of Topliss-reactive ketones (excluding diaryl/α,β-unsaturated/α-hetero) is 1. The number of para-hydroxylation sites is 1. The van der Waals surface area contributed by atoms with Crippen molar-refractivity contribution in [1.82, 2.24) is 14.9 Å². The summed E-state index contributed by atoms with van der Waals surface area (Å²) in [6.07, 6.45) is 2.33. The largest absolute Gasteiger partial charge is 0.454 e. The number of ether oxygens (including phenoxy) is 1. The van der Waals surface area contributed by atoms with Crippen molar-refractivity contribution in [2.75, 3.05) is 13.2 Å². The Labute approximate surface area is 169 Å². The van der Waals surface area contributed by atoms with Crippen LogP contribution in [0.3, 0.4) is 0 Å². The molecule has 3 heterocycles. The summed E-state index contributed by atoms with van der Waals surface area (Å²) in [6.45, 7) is 5.49. The lowest BCUT2D eigenvalue weighted by Crippen LogP contribution is -2.37. The van der Waals surface area contributed by atoms with Gasteiger partial charge in [-0.2, -0.15) is 0 Å². The lowest BCUT2D eigenvalue weighted by Gasteiger charge is -2.32. The first-order valence-corrected chi connectivity index (χ1v) is 9.80. The van der Waals surface area contributed by atoms with E-state index < -0.39 is 5.97 Å². The molecule has 4 rings (SSSR count). The van der Waals surface area contributed by atoms with Gasteiger partial charge in [0.1, 0.15) is 5.69 Å². The topological polar surface area (TPSA) is 72.4 Å². The van der Waals surface area contributed by atoms with E-state index in [1.165, 1.54) is 0 Å². The molecule has 29 heavy (non-hydrogen) atoms. The smallest absolute Gasteiger partial charge is 0.339 e. The summed E-state index contributed by atoms with van der Waals surface area (Å²) in [7, 11) is 0. The molecule has 2 aromatic heterocycles. The Morgan fingerprint density at radius 3 is 2.69 bits per heavy atom. The number of hydrogen-bond acceptors (Lipinski definition) is 6. The van der Waals surface area contributed by atoms with E-state index in [4.69, 9.17) is 9.72 Å². The lowest BCUT2D eigenvalue weighted by molar-refractivity contribution is 0.0472. The quantitative estimate of drug-likeness (QED) is 0.492. The van der Waals surface area contributed by atoms with E-state index in [-0.39, 0.29) is 18.1 Å². The van der Waals surface area contributed by atoms with Gasteiger partial charge in [-0.3, -0.25) is 19.7 Å². The summed E-state index contributed by atoms with van der Waals surface area (Å²) in [5.74, 6) is -0.815. The molecule has 0 radical (unpaired) electrons. The first-order chi connectivity index (χ1) is 14.0. The van der Waals surface area contributed by atoms with E-state index in [9.17, 15) is 9.59 Å². The molecule has 0 unspecified atom stereocenters. The number of carbonyl (C=O) groups is 2. The molecule has 1 aliphatic heterocycles. The second kappa shape index (κ2) is 8.09. The van der Waals surface area contributed by atoms with Crippen LogP contribution in [0.2, 0.25) is 0 Å². The predicted octanol–water partition coefficient (Wildman–Crippen LogP) is 3.44. The fourth-order valence-corrected chi connectivity index (χ4v) is 3.69. The van der Waals surface area contributed by atoms with Gasteiger partial charge in [0.25, 0.3) is 0 Å². The van der Waals surface area contributed by atoms with E-state index in [2.05, 4.69) is 23.7 Å². The molecular formula is C23H23N3O3. The van der Waals surface area contributed by atoms with Crippen molar-refractivity contribution >= 4 is 22.7 Å². The summed E-state index contributed by atoms with van der Waals surface area (Å²) in [5, 5.41) is 0.757. The highest BCUT2D eigenvalue weighted by Crippen LogP contribution is 2.29. The summed E-state index contributed by atoms with van der Waals surface area (Å²) in [4.78, 5) is 36.5. The van der Waals surface area contributed by atoms with Crippen LogP contribution in [0.1, 0.15) is 46.0 Å². The highest BCUT2D eigenvalue weighted by Gasteiger charge is 2.28. The van der Waals surface area contributed by atoms with E-state index >= 15 is 0 Å². The maximum Gasteiger partial charge on any atom is 0.339 e. The monoisotopic (exact) mass is 389 g/mol. The van der Waals surface area contributed by atoms with Crippen LogP contribution in [-0.4, -0.2) is 45.8 Å². The summed E-state index contributed by atoms with van der Waals surface area (Å²) in [5.41, 5.74) is 3.41. The third kappa shape index (κ3) is 3.89. The molecule has 0 N–H and O–H groups in total. The Kier molecular flexibility index (Phi) is 5.36. The first-order valence-electron chi connectivity index (χ1n) is 9.80. The molecule has 148 valence electrons. The third-order valence-corrected chi connectivity index (χ3v) is 5.30. The maximum atomic E-state index is 13.1. The van der Waals surface area contributed by atoms with Crippen LogP contribution < -0.4 is 0 Å². The van der Waals surface area contributed by atoms with Gasteiger partial charge < -0.3 is 4.74 Å². The summed E-state index contributed by atoms with van der Waals surface area (Å²) in [6, 6.07) is 13.0. The highest BCUT2D eigenvalue weighted by atomic mass is 16.5. The number of nitrogens with zero attached hydrogens (tertiary/aromatic N) is 3. The van der Waals surface area contributed by atoms with Crippen LogP contribution in [0.15, 0.2) is 48.7 Å². The van der Waals surface area contributed by atoms with Gasteiger partial charge in [-0.05, 0) is 32.0 Å². The van der Waals surface area contributed by atoms with Gasteiger partial charge in [0, 0.05) is 48.4 Å². The first kappa shape index (κ1) is 19.2. The molecule has 0 aliphatic carbocycles. The molecule has 1 aromatic carbocycles. The van der Waals surface area contributed by atoms with Crippen molar-refractivity contribution in [3.05, 3.63) is 71.2 Å². The Morgan fingerprint density at radius 1 is 1.14 bits per heavy atom. The number of pyridine rings is 2. The van der Waals surface area contributed by atoms with Crippen molar-refractivity contribution < 1.29 is 14.3 Å². The van der Waals surface area contributed by atoms with Gasteiger partial charge in [-0.15, -0.1) is 0 Å². The fraction of sp³-hybridized carbons (Fsp3) is 0.304. The maximum absolute atomic E-state index is 13.1. The summed E-state index contributed by atoms with van der Waals surface area (Å²) < 4.78 is 5.44. The number of carbonyl (C=O) groups excluding carboxylic acids is 2. The molecule has 0 saturated heterocycles. The normalized spacial score (nSPS) is 14.0. The number of aromatic nitrogens is 2. The van der Waals surface area contributed by atoms with Crippen LogP contribution in [0, 0.1) is 0 Å². The fourth-order valence-electron chi connectivity index (χ4n) is 3.69. The molecule has 6 nitrogen and oxygen atoms in total. The van der Waals surface area contributed by atoms with Crippen molar-refractivity contribution in [3.8, 4) is 0 Å². The standard InChI is InChI=1S/C23H23N3O3/c1-15(2)26-12-10-19-17(13-26)22(16-7-3-4-8-18(16)25-19)23(28)29-14-21(27)20-9-5-6-11-24-20/h3-9,11,15H,10,12-14H2,1-2H3. The molecular weight excluding hydrogens is 366 g/mol. The van der Waals surface area contributed by atoms with Gasteiger partial charge in [-0.25, -0.2) is 4.79 Å². The Balaban J connectivity index is 1.67. The molecule has 0 bridgehead atoms. The van der Waals surface area contributed by atoms with E-state index in [1.807, 2.05) is 24.3 Å². The molecule has 0 amide bonds. The van der Waals surface area contributed by atoms with Crippen LogP contribution in [0.5, 0.6) is 0 Å². The van der Waals surface area contributed by atoms with Gasteiger partial charge in [0.2, 0.25) is 5.78 Å². The minimum absolute atomic E-state index is 0.285.